The van der Waals surface area contributed by atoms with Crippen molar-refractivity contribution in [3.05, 3.63) is 39.8 Å². The Bertz CT molecular complexity index is 1410. The molecule has 1 unspecified atom stereocenters. The quantitative estimate of drug-likeness (QED) is 0.478. The van der Waals surface area contributed by atoms with Crippen LogP contribution in [0.4, 0.5) is 5.69 Å². The molecule has 2 saturated heterocycles. The van der Waals surface area contributed by atoms with Crippen molar-refractivity contribution in [3.8, 4) is 0 Å². The Balaban J connectivity index is 1.42. The van der Waals surface area contributed by atoms with Crippen molar-refractivity contribution in [1.29, 1.82) is 0 Å². The predicted octanol–water partition coefficient (Wildman–Crippen LogP) is 2.72. The van der Waals surface area contributed by atoms with Crippen molar-refractivity contribution < 1.29 is 19.1 Å². The van der Waals surface area contributed by atoms with E-state index >= 15 is 0 Å². The van der Waals surface area contributed by atoms with Gasteiger partial charge in [-0.25, -0.2) is 0 Å². The summed E-state index contributed by atoms with van der Waals surface area (Å²) >= 11 is 6.28. The van der Waals surface area contributed by atoms with Crippen LogP contribution in [0, 0.1) is 0 Å². The summed E-state index contributed by atoms with van der Waals surface area (Å²) in [4.78, 5) is 49.7. The molecule has 0 bridgehead atoms. The van der Waals surface area contributed by atoms with Crippen molar-refractivity contribution in [2.75, 3.05) is 38.1 Å². The molecule has 3 aromatic rings. The van der Waals surface area contributed by atoms with Gasteiger partial charge in [0.1, 0.15) is 11.7 Å². The van der Waals surface area contributed by atoms with Crippen molar-refractivity contribution >= 4 is 50.9 Å². The highest BCUT2D eigenvalue weighted by atomic mass is 35.5. The van der Waals surface area contributed by atoms with Gasteiger partial charge in [0.15, 0.2) is 0 Å². The predicted molar refractivity (Wildman–Crippen MR) is 142 cm³/mol. The molecule has 0 aliphatic carbocycles. The van der Waals surface area contributed by atoms with E-state index in [1.165, 1.54) is 0 Å². The van der Waals surface area contributed by atoms with E-state index < -0.39 is 23.0 Å². The molecule has 2 aromatic heterocycles. The SMILES string of the molecule is C[C@@H]1CN(C(=O)CN2CC(C)(C)OCC2C(=O)Nc2c(=O)c(Cl)cc3c2[nH]c2c[nH]ccc23)C[C@H](C)O1. The maximum Gasteiger partial charge on any atom is 0.244 e. The third kappa shape index (κ3) is 5.11. The maximum absolute atomic E-state index is 13.6. The minimum atomic E-state index is -0.765. The van der Waals surface area contributed by atoms with E-state index in [0.29, 0.717) is 25.2 Å². The van der Waals surface area contributed by atoms with Crippen LogP contribution in [0.5, 0.6) is 0 Å². The lowest BCUT2D eigenvalue weighted by atomic mass is 10.0. The summed E-state index contributed by atoms with van der Waals surface area (Å²) in [5, 5.41) is 4.42. The Morgan fingerprint density at radius 1 is 1.22 bits per heavy atom. The highest BCUT2D eigenvalue weighted by Gasteiger charge is 2.40. The average molecular weight is 530 g/mol. The molecule has 3 atom stereocenters. The molecule has 0 spiro atoms. The van der Waals surface area contributed by atoms with Gasteiger partial charge in [-0.1, -0.05) is 11.6 Å². The number of nitrogens with zero attached hydrogens (tertiary/aromatic N) is 2. The number of halogens is 1. The van der Waals surface area contributed by atoms with Crippen LogP contribution in [-0.4, -0.2) is 88.2 Å². The number of nitrogens with one attached hydrogen (secondary N) is 3. The number of benzene rings is 1. The Kier molecular flexibility index (Phi) is 6.78. The van der Waals surface area contributed by atoms with Gasteiger partial charge in [0.2, 0.25) is 17.2 Å². The van der Waals surface area contributed by atoms with Gasteiger partial charge in [-0.05, 0) is 39.8 Å². The molecule has 2 aliphatic rings. The van der Waals surface area contributed by atoms with Crippen LogP contribution in [0.15, 0.2) is 29.3 Å². The summed E-state index contributed by atoms with van der Waals surface area (Å²) in [5.74, 6) is -0.503. The number of aromatic amines is 2. The topological polar surface area (TPSA) is 120 Å². The first kappa shape index (κ1) is 25.7. The van der Waals surface area contributed by atoms with E-state index in [9.17, 15) is 14.4 Å². The first-order chi connectivity index (χ1) is 17.5. The van der Waals surface area contributed by atoms with Gasteiger partial charge in [-0.3, -0.25) is 19.3 Å². The van der Waals surface area contributed by atoms with Crippen LogP contribution in [0.25, 0.3) is 21.8 Å². The highest BCUT2D eigenvalue weighted by Crippen LogP contribution is 2.31. The number of hydrogen-bond acceptors (Lipinski definition) is 6. The fourth-order valence-electron chi connectivity index (χ4n) is 5.32. The molecule has 0 radical (unpaired) electrons. The number of carbonyl (C=O) groups is 2. The highest BCUT2D eigenvalue weighted by molar-refractivity contribution is 6.32. The number of amides is 2. The summed E-state index contributed by atoms with van der Waals surface area (Å²) < 4.78 is 11.7. The molecule has 2 amide bonds. The number of fused-ring (bicyclic) bond motifs is 3. The Hall–Kier alpha value is -2.92. The summed E-state index contributed by atoms with van der Waals surface area (Å²) in [6, 6.07) is 2.71. The first-order valence-electron chi connectivity index (χ1n) is 12.5. The average Bonchev–Trinajstić information content (AvgIpc) is 3.19. The van der Waals surface area contributed by atoms with Gasteiger partial charge in [0, 0.05) is 42.8 Å². The largest absolute Gasteiger partial charge is 0.372 e. The molecule has 0 saturated carbocycles. The van der Waals surface area contributed by atoms with Gasteiger partial charge < -0.3 is 29.7 Å². The maximum atomic E-state index is 13.6. The lowest BCUT2D eigenvalue weighted by molar-refractivity contribution is -0.156. The molecule has 11 heteroatoms. The first-order valence-corrected chi connectivity index (χ1v) is 12.8. The van der Waals surface area contributed by atoms with Crippen LogP contribution < -0.4 is 10.7 Å². The number of hydrogen-bond donors (Lipinski definition) is 3. The Morgan fingerprint density at radius 3 is 2.68 bits per heavy atom. The molecule has 2 aliphatic heterocycles. The third-order valence-electron chi connectivity index (χ3n) is 6.97. The molecule has 1 aromatic carbocycles. The summed E-state index contributed by atoms with van der Waals surface area (Å²) in [6.45, 7) is 9.27. The van der Waals surface area contributed by atoms with Gasteiger partial charge in [0.05, 0.1) is 47.0 Å². The van der Waals surface area contributed by atoms with Crippen molar-refractivity contribution in [3.63, 3.8) is 0 Å². The van der Waals surface area contributed by atoms with Crippen molar-refractivity contribution in [2.45, 2.75) is 51.5 Å². The zero-order valence-electron chi connectivity index (χ0n) is 21.4. The van der Waals surface area contributed by atoms with E-state index in [2.05, 4.69) is 15.3 Å². The van der Waals surface area contributed by atoms with Gasteiger partial charge in [-0.2, -0.15) is 0 Å². The normalized spacial score (nSPS) is 24.5. The van der Waals surface area contributed by atoms with E-state index in [1.807, 2.05) is 38.7 Å². The molecule has 10 nitrogen and oxygen atoms in total. The van der Waals surface area contributed by atoms with Gasteiger partial charge >= 0.3 is 0 Å². The van der Waals surface area contributed by atoms with Crippen LogP contribution in [0.1, 0.15) is 27.7 Å². The fourth-order valence-corrected chi connectivity index (χ4v) is 5.52. The van der Waals surface area contributed by atoms with E-state index in [1.54, 1.807) is 23.4 Å². The summed E-state index contributed by atoms with van der Waals surface area (Å²) in [5.41, 5.74) is 0.334. The van der Waals surface area contributed by atoms with Crippen molar-refractivity contribution in [1.82, 2.24) is 19.8 Å². The van der Waals surface area contributed by atoms with Crippen LogP contribution in [0.2, 0.25) is 5.02 Å². The molecule has 198 valence electrons. The summed E-state index contributed by atoms with van der Waals surface area (Å²) in [7, 11) is 0. The van der Waals surface area contributed by atoms with Gasteiger partial charge in [-0.15, -0.1) is 0 Å². The summed E-state index contributed by atoms with van der Waals surface area (Å²) in [6.07, 6.45) is 3.45. The van der Waals surface area contributed by atoms with Crippen molar-refractivity contribution in [2.24, 2.45) is 0 Å². The number of H-pyrrole nitrogens is 2. The van der Waals surface area contributed by atoms with Crippen LogP contribution in [-0.2, 0) is 19.1 Å². The van der Waals surface area contributed by atoms with Crippen LogP contribution in [0.3, 0.4) is 0 Å². The second kappa shape index (κ2) is 9.75. The van der Waals surface area contributed by atoms with E-state index in [4.69, 9.17) is 21.1 Å². The smallest absolute Gasteiger partial charge is 0.244 e. The molecule has 2 fully saturated rings. The molecular weight excluding hydrogens is 498 g/mol. The number of pyridine rings is 1. The lowest BCUT2D eigenvalue weighted by Crippen LogP contribution is -2.61. The minimum Gasteiger partial charge on any atom is -0.372 e. The monoisotopic (exact) mass is 529 g/mol. The van der Waals surface area contributed by atoms with E-state index in [0.717, 1.165) is 16.3 Å². The number of aromatic nitrogens is 2. The Labute approximate surface area is 219 Å². The fraction of sp³-hybridized carbons (Fsp3) is 0.500. The Morgan fingerprint density at radius 2 is 1.95 bits per heavy atom. The zero-order valence-corrected chi connectivity index (χ0v) is 22.1. The number of anilines is 1. The second-order valence-electron chi connectivity index (χ2n) is 10.6. The van der Waals surface area contributed by atoms with Gasteiger partial charge in [0.25, 0.3) is 0 Å². The molecule has 5 rings (SSSR count). The standard InChI is InChI=1S/C26H32ClN5O5/c1-14-9-31(10-15(2)37-14)21(33)11-32-13-26(3,4)36-12-20(32)25(35)30-23-22-17(7-18(27)24(23)34)16-5-6-28-8-19(16)29-22/h5-8,14-15,20,28-29H,9-13H2,1-4H3,(H,30,35)/t14-,15+,20?. The number of morpholine rings is 2. The number of ether oxygens (including phenoxy) is 2. The molecule has 3 N–H and O–H groups in total. The minimum absolute atomic E-state index is 0.0140. The number of rotatable bonds is 4. The molecule has 4 heterocycles. The lowest BCUT2D eigenvalue weighted by Gasteiger charge is -2.43. The zero-order chi connectivity index (χ0) is 26.5. The van der Waals surface area contributed by atoms with Crippen LogP contribution >= 0.6 is 11.6 Å². The van der Waals surface area contributed by atoms with E-state index in [-0.39, 0.29) is 42.0 Å². The third-order valence-corrected chi connectivity index (χ3v) is 7.25. The molecular formula is C26H32ClN5O5. The number of carbonyl (C=O) groups excluding carboxylic acids is 2. The second-order valence-corrected chi connectivity index (χ2v) is 11.0. The molecule has 37 heavy (non-hydrogen) atoms.